The highest BCUT2D eigenvalue weighted by Gasteiger charge is 2.41. The van der Waals surface area contributed by atoms with E-state index in [1.807, 2.05) is 35.5 Å². The summed E-state index contributed by atoms with van der Waals surface area (Å²) < 4.78 is 0. The molecule has 0 radical (unpaired) electrons. The molecular weight excluding hydrogens is 520 g/mol. The lowest BCUT2D eigenvalue weighted by molar-refractivity contribution is 0.0611. The molecule has 2 fully saturated rings. The second-order valence-corrected chi connectivity index (χ2v) is 11.6. The summed E-state index contributed by atoms with van der Waals surface area (Å²) in [4.78, 5) is 45.0. The van der Waals surface area contributed by atoms with Gasteiger partial charge in [-0.15, -0.1) is 11.3 Å². The number of aromatic nitrogens is 3. The minimum Gasteiger partial charge on any atom is -0.371 e. The SMILES string of the molecule is CN(Cc1nc2cccc(C(=O)N3CCC4(CC3)CCN(c3ccncc3)C4)c2[nH]1)C(=O)c1sccc1Cl. The van der Waals surface area contributed by atoms with E-state index in [0.717, 1.165) is 51.0 Å². The van der Waals surface area contributed by atoms with Crippen molar-refractivity contribution in [3.05, 3.63) is 75.5 Å². The first-order valence-corrected chi connectivity index (χ1v) is 14.1. The molecule has 1 N–H and O–H groups in total. The molecule has 0 unspecified atom stereocenters. The van der Waals surface area contributed by atoms with Crippen molar-refractivity contribution in [1.29, 1.82) is 0 Å². The second kappa shape index (κ2) is 10.0. The Kier molecular flexibility index (Phi) is 6.57. The number of carbonyl (C=O) groups excluding carboxylic acids is 2. The van der Waals surface area contributed by atoms with Gasteiger partial charge in [-0.3, -0.25) is 14.6 Å². The van der Waals surface area contributed by atoms with Crippen molar-refractivity contribution in [2.75, 3.05) is 38.1 Å². The van der Waals surface area contributed by atoms with Crippen LogP contribution < -0.4 is 4.90 Å². The third-order valence-electron chi connectivity index (χ3n) is 7.92. The standard InChI is InChI=1S/C28H29ClN6O2S/c1-33(27(37)25-21(29)7-16-38-25)17-23-31-22-4-2-3-20(24(22)32-23)26(36)34-13-8-28(9-14-34)10-15-35(18-28)19-5-11-30-12-6-19/h2-7,11-12,16H,8-10,13-15,17-18H2,1H3,(H,31,32). The van der Waals surface area contributed by atoms with Gasteiger partial charge in [-0.1, -0.05) is 17.7 Å². The Morgan fingerprint density at radius 3 is 2.61 bits per heavy atom. The van der Waals surface area contributed by atoms with E-state index in [1.54, 1.807) is 23.4 Å². The van der Waals surface area contributed by atoms with Crippen molar-refractivity contribution >= 4 is 51.5 Å². The summed E-state index contributed by atoms with van der Waals surface area (Å²) in [6, 6.07) is 11.5. The van der Waals surface area contributed by atoms with Crippen LogP contribution in [0.25, 0.3) is 11.0 Å². The molecule has 38 heavy (non-hydrogen) atoms. The maximum absolute atomic E-state index is 13.6. The summed E-state index contributed by atoms with van der Waals surface area (Å²) in [5, 5.41) is 2.25. The van der Waals surface area contributed by atoms with E-state index in [0.29, 0.717) is 26.8 Å². The molecule has 2 aliphatic rings. The molecule has 1 aromatic carbocycles. The first kappa shape index (κ1) is 24.9. The van der Waals surface area contributed by atoms with E-state index in [4.69, 9.17) is 11.6 Å². The van der Waals surface area contributed by atoms with Gasteiger partial charge < -0.3 is 19.7 Å². The molecule has 0 atom stereocenters. The van der Waals surface area contributed by atoms with Crippen LogP contribution in [0.2, 0.25) is 5.02 Å². The third kappa shape index (κ3) is 4.65. The van der Waals surface area contributed by atoms with Crippen molar-refractivity contribution in [3.8, 4) is 0 Å². The lowest BCUT2D eigenvalue weighted by Crippen LogP contribution is -2.44. The predicted molar refractivity (Wildman–Crippen MR) is 150 cm³/mol. The van der Waals surface area contributed by atoms with Gasteiger partial charge in [-0.05, 0) is 60.4 Å². The number of fused-ring (bicyclic) bond motifs is 1. The van der Waals surface area contributed by atoms with E-state index in [9.17, 15) is 9.59 Å². The summed E-state index contributed by atoms with van der Waals surface area (Å²) in [6.07, 6.45) is 6.85. The molecule has 6 rings (SSSR count). The molecule has 4 aromatic rings. The minimum atomic E-state index is -0.154. The molecule has 8 nitrogen and oxygen atoms in total. The number of nitrogens with zero attached hydrogens (tertiary/aromatic N) is 5. The number of halogens is 1. The zero-order chi connectivity index (χ0) is 26.3. The normalized spacial score (nSPS) is 16.9. The molecule has 5 heterocycles. The maximum atomic E-state index is 13.6. The summed E-state index contributed by atoms with van der Waals surface area (Å²) in [7, 11) is 1.72. The number of likely N-dealkylation sites (tertiary alicyclic amines) is 1. The Morgan fingerprint density at radius 2 is 1.87 bits per heavy atom. The van der Waals surface area contributed by atoms with E-state index >= 15 is 0 Å². The Morgan fingerprint density at radius 1 is 1.11 bits per heavy atom. The van der Waals surface area contributed by atoms with Crippen LogP contribution in [0, 0.1) is 5.41 Å². The van der Waals surface area contributed by atoms with Crippen molar-refractivity contribution in [3.63, 3.8) is 0 Å². The Balaban J connectivity index is 1.13. The van der Waals surface area contributed by atoms with Crippen LogP contribution in [0.1, 0.15) is 45.1 Å². The van der Waals surface area contributed by atoms with Crippen LogP contribution in [0.15, 0.2) is 54.2 Å². The van der Waals surface area contributed by atoms with E-state index in [2.05, 4.69) is 32.0 Å². The number of pyridine rings is 1. The molecule has 2 amide bonds. The third-order valence-corrected chi connectivity index (χ3v) is 9.25. The highest BCUT2D eigenvalue weighted by atomic mass is 35.5. The Hall–Kier alpha value is -3.43. The number of hydrogen-bond acceptors (Lipinski definition) is 6. The number of nitrogens with one attached hydrogen (secondary N) is 1. The molecule has 0 aliphatic carbocycles. The molecule has 1 spiro atoms. The van der Waals surface area contributed by atoms with Gasteiger partial charge in [0.25, 0.3) is 11.8 Å². The van der Waals surface area contributed by atoms with Crippen LogP contribution in [-0.4, -0.2) is 69.8 Å². The van der Waals surface area contributed by atoms with Crippen molar-refractivity contribution in [2.45, 2.75) is 25.8 Å². The summed E-state index contributed by atoms with van der Waals surface area (Å²) in [6.45, 7) is 3.86. The van der Waals surface area contributed by atoms with Gasteiger partial charge in [0.05, 0.1) is 28.2 Å². The summed E-state index contributed by atoms with van der Waals surface area (Å²) in [5.41, 5.74) is 3.54. The monoisotopic (exact) mass is 548 g/mol. The number of para-hydroxylation sites is 1. The molecule has 0 bridgehead atoms. The molecule has 0 saturated carbocycles. The number of benzene rings is 1. The molecule has 2 aliphatic heterocycles. The van der Waals surface area contributed by atoms with Gasteiger partial charge in [0.2, 0.25) is 0 Å². The number of H-pyrrole nitrogens is 1. The summed E-state index contributed by atoms with van der Waals surface area (Å²) in [5.74, 6) is 0.501. The summed E-state index contributed by atoms with van der Waals surface area (Å²) >= 11 is 7.46. The van der Waals surface area contributed by atoms with Gasteiger partial charge in [-0.25, -0.2) is 4.98 Å². The van der Waals surface area contributed by atoms with Gasteiger partial charge >= 0.3 is 0 Å². The second-order valence-electron chi connectivity index (χ2n) is 10.3. The number of aromatic amines is 1. The topological polar surface area (TPSA) is 85.4 Å². The number of amides is 2. The van der Waals surface area contributed by atoms with E-state index < -0.39 is 0 Å². The average Bonchev–Trinajstić information content (AvgIpc) is 3.67. The maximum Gasteiger partial charge on any atom is 0.265 e. The molecular formula is C28H29ClN6O2S. The molecule has 3 aromatic heterocycles. The first-order chi connectivity index (χ1) is 18.4. The molecule has 2 saturated heterocycles. The Labute approximate surface area is 230 Å². The van der Waals surface area contributed by atoms with Gasteiger partial charge in [0.15, 0.2) is 0 Å². The molecule has 196 valence electrons. The highest BCUT2D eigenvalue weighted by Crippen LogP contribution is 2.42. The first-order valence-electron chi connectivity index (χ1n) is 12.8. The number of hydrogen-bond donors (Lipinski definition) is 1. The fraction of sp³-hybridized carbons (Fsp3) is 0.357. The van der Waals surface area contributed by atoms with Crippen LogP contribution >= 0.6 is 22.9 Å². The lowest BCUT2D eigenvalue weighted by atomic mass is 9.77. The smallest absolute Gasteiger partial charge is 0.265 e. The number of thiophene rings is 1. The number of carbonyl (C=O) groups is 2. The van der Waals surface area contributed by atoms with E-state index in [1.165, 1.54) is 17.0 Å². The highest BCUT2D eigenvalue weighted by molar-refractivity contribution is 7.12. The molecule has 10 heteroatoms. The number of imidazole rings is 1. The number of piperidine rings is 1. The fourth-order valence-electron chi connectivity index (χ4n) is 5.72. The van der Waals surface area contributed by atoms with Gasteiger partial charge in [0.1, 0.15) is 10.7 Å². The predicted octanol–water partition coefficient (Wildman–Crippen LogP) is 5.08. The fourth-order valence-corrected chi connectivity index (χ4v) is 6.85. The zero-order valence-electron chi connectivity index (χ0n) is 21.2. The lowest BCUT2D eigenvalue weighted by Gasteiger charge is -2.39. The number of rotatable bonds is 5. The zero-order valence-corrected chi connectivity index (χ0v) is 22.8. The average molecular weight is 549 g/mol. The van der Waals surface area contributed by atoms with Crippen molar-refractivity contribution < 1.29 is 9.59 Å². The van der Waals surface area contributed by atoms with Gasteiger partial charge in [-0.2, -0.15) is 0 Å². The van der Waals surface area contributed by atoms with Crippen LogP contribution in [0.5, 0.6) is 0 Å². The van der Waals surface area contributed by atoms with Crippen LogP contribution in [0.4, 0.5) is 5.69 Å². The van der Waals surface area contributed by atoms with Crippen LogP contribution in [-0.2, 0) is 6.54 Å². The van der Waals surface area contributed by atoms with Crippen LogP contribution in [0.3, 0.4) is 0 Å². The number of anilines is 1. The Bertz CT molecular complexity index is 1480. The minimum absolute atomic E-state index is 0.0273. The largest absolute Gasteiger partial charge is 0.371 e. The quantitative estimate of drug-likeness (QED) is 0.376. The van der Waals surface area contributed by atoms with Crippen molar-refractivity contribution in [1.82, 2.24) is 24.8 Å². The van der Waals surface area contributed by atoms with Gasteiger partial charge in [0, 0.05) is 51.3 Å². The van der Waals surface area contributed by atoms with Crippen molar-refractivity contribution in [2.24, 2.45) is 5.41 Å². The van der Waals surface area contributed by atoms with E-state index in [-0.39, 0.29) is 23.8 Å².